The summed E-state index contributed by atoms with van der Waals surface area (Å²) in [5.41, 5.74) is 2.11. The molecule has 3 N–H and O–H groups in total. The topological polar surface area (TPSA) is 110 Å². The number of hydrogen-bond donors (Lipinski definition) is 3. The van der Waals surface area contributed by atoms with E-state index in [2.05, 4.69) is 20.9 Å². The van der Waals surface area contributed by atoms with E-state index in [1.54, 1.807) is 12.1 Å². The fourth-order valence-corrected chi connectivity index (χ4v) is 3.53. The molecular weight excluding hydrogens is 424 g/mol. The van der Waals surface area contributed by atoms with Crippen LogP contribution in [-0.4, -0.2) is 50.2 Å². The van der Waals surface area contributed by atoms with Gasteiger partial charge in [-0.15, -0.1) is 0 Å². The van der Waals surface area contributed by atoms with Gasteiger partial charge in [-0.3, -0.25) is 14.9 Å². The summed E-state index contributed by atoms with van der Waals surface area (Å²) in [6.45, 7) is 4.08. The van der Waals surface area contributed by atoms with Crippen molar-refractivity contribution in [3.63, 3.8) is 0 Å². The number of aliphatic imine (C=N–C) groups is 1. The lowest BCUT2D eigenvalue weighted by Crippen LogP contribution is -2.36. The summed E-state index contributed by atoms with van der Waals surface area (Å²) in [7, 11) is 0. The van der Waals surface area contributed by atoms with Gasteiger partial charge in [0.15, 0.2) is 11.5 Å². The van der Waals surface area contributed by atoms with E-state index in [0.717, 1.165) is 30.7 Å². The number of nitrogens with one attached hydrogen (secondary N) is 3. The van der Waals surface area contributed by atoms with Crippen LogP contribution in [0.3, 0.4) is 0 Å². The fraction of sp³-hybridized carbons (Fsp3) is 0.375. The maximum absolute atomic E-state index is 12.9. The largest absolute Gasteiger partial charge is 0.486 e. The third kappa shape index (κ3) is 6.45. The Morgan fingerprint density at radius 2 is 1.82 bits per heavy atom. The molecule has 174 valence electrons. The van der Waals surface area contributed by atoms with Gasteiger partial charge in [0, 0.05) is 37.4 Å². The Morgan fingerprint density at radius 1 is 1.03 bits per heavy atom. The molecule has 0 radical (unpaired) electrons. The molecule has 2 heterocycles. The van der Waals surface area contributed by atoms with E-state index in [4.69, 9.17) is 14.2 Å². The Morgan fingerprint density at radius 3 is 2.55 bits per heavy atom. The van der Waals surface area contributed by atoms with Gasteiger partial charge in [-0.1, -0.05) is 12.1 Å². The summed E-state index contributed by atoms with van der Waals surface area (Å²) in [5, 5.41) is 8.77. The highest BCUT2D eigenvalue weighted by Gasteiger charge is 2.17. The number of fused-ring (bicyclic) bond motifs is 1. The molecule has 1 atom stereocenters. The van der Waals surface area contributed by atoms with E-state index in [-0.39, 0.29) is 17.9 Å². The normalized spacial score (nSPS) is 17.4. The van der Waals surface area contributed by atoms with Crippen molar-refractivity contribution in [1.82, 2.24) is 10.6 Å². The molecule has 2 aromatic carbocycles. The predicted molar refractivity (Wildman–Crippen MR) is 124 cm³/mol. The van der Waals surface area contributed by atoms with Crippen LogP contribution in [0.2, 0.25) is 0 Å². The molecule has 2 aromatic rings. The minimum absolute atomic E-state index is 0.0482. The molecular formula is C24H28N4O5. The number of nitrogens with zero attached hydrogens (tertiary/aromatic N) is 1. The minimum atomic E-state index is -0.294. The average Bonchev–Trinajstić information content (AvgIpc) is 3.35. The van der Waals surface area contributed by atoms with Crippen LogP contribution in [0, 0.1) is 0 Å². The Balaban J connectivity index is 1.45. The molecule has 0 aromatic heterocycles. The minimum Gasteiger partial charge on any atom is -0.486 e. The predicted octanol–water partition coefficient (Wildman–Crippen LogP) is 2.47. The Bertz CT molecular complexity index is 1020. The number of carbonyl (C=O) groups excluding carboxylic acids is 2. The number of ether oxygens (including phenoxy) is 3. The number of rotatable bonds is 6. The van der Waals surface area contributed by atoms with Gasteiger partial charge in [0.1, 0.15) is 13.2 Å². The van der Waals surface area contributed by atoms with Crippen LogP contribution in [-0.2, 0) is 16.1 Å². The van der Waals surface area contributed by atoms with Crippen molar-refractivity contribution in [1.29, 1.82) is 0 Å². The van der Waals surface area contributed by atoms with E-state index in [9.17, 15) is 9.59 Å². The molecule has 0 spiro atoms. The van der Waals surface area contributed by atoms with Crippen molar-refractivity contribution in [3.05, 3.63) is 53.6 Å². The van der Waals surface area contributed by atoms with Crippen LogP contribution in [0.1, 0.15) is 35.7 Å². The molecule has 0 saturated carbocycles. The highest BCUT2D eigenvalue weighted by atomic mass is 16.6. The van der Waals surface area contributed by atoms with Gasteiger partial charge < -0.3 is 24.8 Å². The molecule has 0 bridgehead atoms. The molecule has 1 saturated heterocycles. The maximum atomic E-state index is 12.9. The molecule has 33 heavy (non-hydrogen) atoms. The van der Waals surface area contributed by atoms with Gasteiger partial charge in [0.2, 0.25) is 11.9 Å². The lowest BCUT2D eigenvalue weighted by atomic mass is 10.1. The zero-order chi connectivity index (χ0) is 23.0. The van der Waals surface area contributed by atoms with Gasteiger partial charge in [-0.25, -0.2) is 4.99 Å². The third-order valence-electron chi connectivity index (χ3n) is 5.27. The lowest BCUT2D eigenvalue weighted by Gasteiger charge is -2.19. The number of amides is 2. The monoisotopic (exact) mass is 452 g/mol. The van der Waals surface area contributed by atoms with Crippen molar-refractivity contribution in [3.8, 4) is 11.5 Å². The summed E-state index contributed by atoms with van der Waals surface area (Å²) in [6, 6.07) is 12.5. The quantitative estimate of drug-likeness (QED) is 0.459. The smallest absolute Gasteiger partial charge is 0.257 e. The Labute approximate surface area is 192 Å². The molecule has 4 rings (SSSR count). The molecule has 1 fully saturated rings. The van der Waals surface area contributed by atoms with Crippen molar-refractivity contribution in [2.45, 2.75) is 32.4 Å². The van der Waals surface area contributed by atoms with Crippen molar-refractivity contribution in [2.75, 3.05) is 31.7 Å². The summed E-state index contributed by atoms with van der Waals surface area (Å²) in [4.78, 5) is 28.5. The van der Waals surface area contributed by atoms with Gasteiger partial charge >= 0.3 is 0 Å². The summed E-state index contributed by atoms with van der Waals surface area (Å²) in [6.07, 6.45) is 2.01. The number of anilines is 1. The molecule has 2 aliphatic rings. The highest BCUT2D eigenvalue weighted by Crippen LogP contribution is 2.32. The lowest BCUT2D eigenvalue weighted by molar-refractivity contribution is -0.119. The first-order chi connectivity index (χ1) is 16.1. The van der Waals surface area contributed by atoms with Crippen LogP contribution in [0.5, 0.6) is 11.5 Å². The van der Waals surface area contributed by atoms with Crippen LogP contribution < -0.4 is 25.4 Å². The van der Waals surface area contributed by atoms with E-state index in [1.807, 2.05) is 30.3 Å². The Hall–Kier alpha value is -3.59. The zero-order valence-electron chi connectivity index (χ0n) is 18.6. The second-order valence-electron chi connectivity index (χ2n) is 7.87. The molecule has 9 heteroatoms. The van der Waals surface area contributed by atoms with E-state index < -0.39 is 0 Å². The van der Waals surface area contributed by atoms with Crippen LogP contribution in [0.15, 0.2) is 47.5 Å². The van der Waals surface area contributed by atoms with Gasteiger partial charge in [-0.2, -0.15) is 0 Å². The molecule has 2 amide bonds. The molecule has 0 unspecified atom stereocenters. The molecule has 2 aliphatic heterocycles. The van der Waals surface area contributed by atoms with Crippen LogP contribution in [0.25, 0.3) is 0 Å². The van der Waals surface area contributed by atoms with Crippen LogP contribution >= 0.6 is 0 Å². The second kappa shape index (κ2) is 10.8. The van der Waals surface area contributed by atoms with Crippen molar-refractivity contribution < 1.29 is 23.8 Å². The van der Waals surface area contributed by atoms with Crippen molar-refractivity contribution in [2.24, 2.45) is 4.99 Å². The van der Waals surface area contributed by atoms with Gasteiger partial charge in [-0.05, 0) is 42.7 Å². The van der Waals surface area contributed by atoms with Crippen molar-refractivity contribution >= 4 is 23.5 Å². The fourth-order valence-electron chi connectivity index (χ4n) is 3.53. The first kappa shape index (κ1) is 22.6. The number of carbonyl (C=O) groups is 2. The van der Waals surface area contributed by atoms with E-state index in [0.29, 0.717) is 49.3 Å². The third-order valence-corrected chi connectivity index (χ3v) is 5.27. The summed E-state index contributed by atoms with van der Waals surface area (Å²) >= 11 is 0. The number of hydrogen-bond acceptors (Lipinski definition) is 6. The molecule has 0 aliphatic carbocycles. The summed E-state index contributed by atoms with van der Waals surface area (Å²) in [5.74, 6) is 1.26. The number of guanidine groups is 1. The van der Waals surface area contributed by atoms with Crippen LogP contribution in [0.4, 0.5) is 5.69 Å². The highest BCUT2D eigenvalue weighted by molar-refractivity contribution is 6.10. The second-order valence-corrected chi connectivity index (χ2v) is 7.87. The first-order valence-corrected chi connectivity index (χ1v) is 11.0. The standard InChI is InChI=1S/C24H28N4O5/c1-16(29)25-14-17-4-6-18(7-5-17)23(30)28-24(26-15-20-3-2-10-31-20)27-19-8-9-21-22(13-19)33-12-11-32-21/h4-9,13,20H,2-3,10-12,14-15H2,1H3,(H,25,29)(H2,26,27,28,30)/t20-/m1/s1. The first-order valence-electron chi connectivity index (χ1n) is 11.0. The number of benzene rings is 2. The van der Waals surface area contributed by atoms with E-state index >= 15 is 0 Å². The SMILES string of the molecule is CC(=O)NCc1ccc(C(=O)NC(=NC[C@H]2CCCO2)Nc2ccc3c(c2)OCCO3)cc1. The van der Waals surface area contributed by atoms with Gasteiger partial charge in [0.25, 0.3) is 5.91 Å². The summed E-state index contributed by atoms with van der Waals surface area (Å²) < 4.78 is 16.9. The average molecular weight is 453 g/mol. The van der Waals surface area contributed by atoms with Gasteiger partial charge in [0.05, 0.1) is 12.6 Å². The zero-order valence-corrected chi connectivity index (χ0v) is 18.6. The van der Waals surface area contributed by atoms with E-state index in [1.165, 1.54) is 6.92 Å². The Kier molecular flexibility index (Phi) is 7.41. The maximum Gasteiger partial charge on any atom is 0.257 e. The molecule has 9 nitrogen and oxygen atoms in total.